The molecule has 11 heteroatoms. The molecular formula is C8H11N9O2. The van der Waals surface area contributed by atoms with Gasteiger partial charge in [0.15, 0.2) is 0 Å². The first kappa shape index (κ1) is 12.6. The molecule has 2 aromatic rings. The highest BCUT2D eigenvalue weighted by Crippen LogP contribution is 2.27. The van der Waals surface area contributed by atoms with Gasteiger partial charge < -0.3 is 10.7 Å². The van der Waals surface area contributed by atoms with E-state index in [4.69, 9.17) is 5.84 Å². The minimum Gasteiger partial charge on any atom is -0.362 e. The van der Waals surface area contributed by atoms with Gasteiger partial charge in [0.05, 0.1) is 17.7 Å². The SMILES string of the molecule is NNc1ncnc(NCCn2ccnn2)c1[N+](=O)[O-]. The molecule has 0 unspecified atom stereocenters. The summed E-state index contributed by atoms with van der Waals surface area (Å²) < 4.78 is 1.59. The van der Waals surface area contributed by atoms with Crippen molar-refractivity contribution < 1.29 is 4.92 Å². The number of hydrogen-bond donors (Lipinski definition) is 3. The van der Waals surface area contributed by atoms with Gasteiger partial charge in [-0.3, -0.25) is 14.8 Å². The predicted molar refractivity (Wildman–Crippen MR) is 65.0 cm³/mol. The molecule has 0 aliphatic heterocycles. The number of nitro groups is 1. The number of rotatable bonds is 6. The third kappa shape index (κ3) is 2.90. The second kappa shape index (κ2) is 5.68. The van der Waals surface area contributed by atoms with Crippen molar-refractivity contribution in [3.8, 4) is 0 Å². The van der Waals surface area contributed by atoms with Crippen LogP contribution in [0.1, 0.15) is 0 Å². The molecule has 0 amide bonds. The summed E-state index contributed by atoms with van der Waals surface area (Å²) in [6.45, 7) is 0.887. The van der Waals surface area contributed by atoms with Crippen molar-refractivity contribution >= 4 is 17.3 Å². The topological polar surface area (TPSA) is 150 Å². The van der Waals surface area contributed by atoms with Crippen LogP contribution in [0.5, 0.6) is 0 Å². The van der Waals surface area contributed by atoms with Gasteiger partial charge in [0, 0.05) is 12.7 Å². The van der Waals surface area contributed by atoms with Crippen LogP contribution in [0.3, 0.4) is 0 Å². The van der Waals surface area contributed by atoms with Crippen molar-refractivity contribution in [1.29, 1.82) is 0 Å². The molecule has 2 heterocycles. The Hall–Kier alpha value is -2.82. The molecule has 0 radical (unpaired) electrons. The van der Waals surface area contributed by atoms with Crippen LogP contribution in [-0.2, 0) is 6.54 Å². The molecule has 0 saturated carbocycles. The average molecular weight is 265 g/mol. The summed E-state index contributed by atoms with van der Waals surface area (Å²) in [6, 6.07) is 0. The summed E-state index contributed by atoms with van der Waals surface area (Å²) in [7, 11) is 0. The average Bonchev–Trinajstić information content (AvgIpc) is 2.91. The molecule has 4 N–H and O–H groups in total. The van der Waals surface area contributed by atoms with E-state index in [0.717, 1.165) is 0 Å². The zero-order valence-electron chi connectivity index (χ0n) is 9.72. The van der Waals surface area contributed by atoms with Gasteiger partial charge in [0.25, 0.3) is 0 Å². The molecule has 0 aromatic carbocycles. The number of hydrogen-bond acceptors (Lipinski definition) is 9. The van der Waals surface area contributed by atoms with E-state index in [2.05, 4.69) is 31.0 Å². The van der Waals surface area contributed by atoms with Crippen LogP contribution in [0.25, 0.3) is 0 Å². The van der Waals surface area contributed by atoms with Gasteiger partial charge in [0.2, 0.25) is 11.6 Å². The fourth-order valence-electron chi connectivity index (χ4n) is 1.43. The maximum absolute atomic E-state index is 11.0. The van der Waals surface area contributed by atoms with Crippen LogP contribution in [0.4, 0.5) is 17.3 Å². The highest BCUT2D eigenvalue weighted by molar-refractivity contribution is 5.68. The lowest BCUT2D eigenvalue weighted by Crippen LogP contribution is -2.16. The zero-order chi connectivity index (χ0) is 13.7. The summed E-state index contributed by atoms with van der Waals surface area (Å²) in [4.78, 5) is 17.9. The van der Waals surface area contributed by atoms with Gasteiger partial charge in [-0.1, -0.05) is 5.21 Å². The van der Waals surface area contributed by atoms with E-state index in [9.17, 15) is 10.1 Å². The van der Waals surface area contributed by atoms with E-state index in [-0.39, 0.29) is 17.3 Å². The third-order valence-corrected chi connectivity index (χ3v) is 2.25. The maximum Gasteiger partial charge on any atom is 0.354 e. The van der Waals surface area contributed by atoms with E-state index in [1.807, 2.05) is 0 Å². The van der Waals surface area contributed by atoms with Crippen molar-refractivity contribution in [3.63, 3.8) is 0 Å². The van der Waals surface area contributed by atoms with Gasteiger partial charge in [-0.2, -0.15) is 0 Å². The van der Waals surface area contributed by atoms with Gasteiger partial charge in [-0.25, -0.2) is 15.8 Å². The standard InChI is InChI=1S/C8H11N9O2/c9-14-8-6(17(18)19)7(11-5-12-8)10-1-3-16-4-2-13-15-16/h2,4-5H,1,3,9H2,(H2,10,11,12,14). The van der Waals surface area contributed by atoms with Crippen LogP contribution in [-0.4, -0.2) is 36.4 Å². The Kier molecular flexibility index (Phi) is 3.78. The Morgan fingerprint density at radius 2 is 2.21 bits per heavy atom. The van der Waals surface area contributed by atoms with Crippen LogP contribution in [0.15, 0.2) is 18.7 Å². The first-order chi connectivity index (χ1) is 9.22. The van der Waals surface area contributed by atoms with Gasteiger partial charge in [0.1, 0.15) is 6.33 Å². The highest BCUT2D eigenvalue weighted by Gasteiger charge is 2.21. The van der Waals surface area contributed by atoms with Gasteiger partial charge in [-0.05, 0) is 0 Å². The van der Waals surface area contributed by atoms with Crippen LogP contribution >= 0.6 is 0 Å². The molecule has 2 rings (SSSR count). The molecule has 0 spiro atoms. The summed E-state index contributed by atoms with van der Waals surface area (Å²) in [5, 5.41) is 21.2. The highest BCUT2D eigenvalue weighted by atomic mass is 16.6. The second-order valence-corrected chi connectivity index (χ2v) is 3.41. The van der Waals surface area contributed by atoms with E-state index in [0.29, 0.717) is 13.1 Å². The Balaban J connectivity index is 2.09. The summed E-state index contributed by atoms with van der Waals surface area (Å²) >= 11 is 0. The molecule has 0 fully saturated rings. The van der Waals surface area contributed by atoms with E-state index in [1.165, 1.54) is 6.33 Å². The molecule has 2 aromatic heterocycles. The van der Waals surface area contributed by atoms with Crippen LogP contribution in [0.2, 0.25) is 0 Å². The molecular weight excluding hydrogens is 254 g/mol. The molecule has 0 aliphatic carbocycles. The van der Waals surface area contributed by atoms with Crippen molar-refractivity contribution in [2.75, 3.05) is 17.3 Å². The number of nitrogens with one attached hydrogen (secondary N) is 2. The Morgan fingerprint density at radius 1 is 1.42 bits per heavy atom. The Morgan fingerprint density at radius 3 is 2.84 bits per heavy atom. The van der Waals surface area contributed by atoms with Crippen LogP contribution < -0.4 is 16.6 Å². The second-order valence-electron chi connectivity index (χ2n) is 3.41. The molecule has 0 saturated heterocycles. The van der Waals surface area contributed by atoms with Crippen molar-refractivity contribution in [2.45, 2.75) is 6.54 Å². The van der Waals surface area contributed by atoms with Crippen molar-refractivity contribution in [1.82, 2.24) is 25.0 Å². The summed E-state index contributed by atoms with van der Waals surface area (Å²) in [5.41, 5.74) is 1.86. The lowest BCUT2D eigenvalue weighted by atomic mass is 10.4. The molecule has 100 valence electrons. The normalized spacial score (nSPS) is 10.2. The lowest BCUT2D eigenvalue weighted by molar-refractivity contribution is -0.383. The fraction of sp³-hybridized carbons (Fsp3) is 0.250. The minimum atomic E-state index is -0.604. The predicted octanol–water partition coefficient (Wildman–Crippen LogP) is -0.626. The largest absolute Gasteiger partial charge is 0.362 e. The van der Waals surface area contributed by atoms with E-state index in [1.54, 1.807) is 17.1 Å². The fourth-order valence-corrected chi connectivity index (χ4v) is 1.43. The van der Waals surface area contributed by atoms with E-state index >= 15 is 0 Å². The first-order valence-electron chi connectivity index (χ1n) is 5.26. The molecule has 0 atom stereocenters. The van der Waals surface area contributed by atoms with E-state index < -0.39 is 4.92 Å². The minimum absolute atomic E-state index is 0.0525. The smallest absolute Gasteiger partial charge is 0.354 e. The third-order valence-electron chi connectivity index (χ3n) is 2.25. The van der Waals surface area contributed by atoms with Gasteiger partial charge >= 0.3 is 5.69 Å². The number of anilines is 2. The Bertz CT molecular complexity index is 555. The molecule has 11 nitrogen and oxygen atoms in total. The number of aromatic nitrogens is 5. The zero-order valence-corrected chi connectivity index (χ0v) is 9.72. The summed E-state index contributed by atoms with van der Waals surface area (Å²) in [6.07, 6.45) is 4.41. The summed E-state index contributed by atoms with van der Waals surface area (Å²) in [5.74, 6) is 5.21. The van der Waals surface area contributed by atoms with Crippen molar-refractivity contribution in [2.24, 2.45) is 5.84 Å². The molecule has 19 heavy (non-hydrogen) atoms. The lowest BCUT2D eigenvalue weighted by Gasteiger charge is -2.07. The van der Waals surface area contributed by atoms with Gasteiger partial charge in [-0.15, -0.1) is 5.10 Å². The number of nitrogens with zero attached hydrogens (tertiary/aromatic N) is 6. The number of nitrogen functional groups attached to an aromatic ring is 1. The van der Waals surface area contributed by atoms with Crippen LogP contribution in [0, 0.1) is 10.1 Å². The first-order valence-corrected chi connectivity index (χ1v) is 5.26. The molecule has 0 bridgehead atoms. The quantitative estimate of drug-likeness (QED) is 0.352. The monoisotopic (exact) mass is 265 g/mol. The Labute approximate surface area is 107 Å². The number of hydrazine groups is 1. The maximum atomic E-state index is 11.0. The number of nitrogens with two attached hydrogens (primary N) is 1. The van der Waals surface area contributed by atoms with Crippen molar-refractivity contribution in [3.05, 3.63) is 28.8 Å². The molecule has 0 aliphatic rings.